The van der Waals surface area contributed by atoms with Crippen LogP contribution in [0.5, 0.6) is 0 Å². The maximum absolute atomic E-state index is 12.0. The van der Waals surface area contributed by atoms with Gasteiger partial charge in [-0.15, -0.1) is 0 Å². The summed E-state index contributed by atoms with van der Waals surface area (Å²) in [5.41, 5.74) is 3.06. The number of allylic oxidation sites excluding steroid dienone is 2. The van der Waals surface area contributed by atoms with Crippen molar-refractivity contribution in [2.45, 2.75) is 58.8 Å². The number of fused-ring (bicyclic) bond motifs is 5. The summed E-state index contributed by atoms with van der Waals surface area (Å²) in [6, 6.07) is 0. The molecule has 5 unspecified atom stereocenters. The topological polar surface area (TPSA) is 54.9 Å². The number of carbonyl (C=O) groups is 1. The molecule has 4 aliphatic rings. The molecule has 0 bridgehead atoms. The van der Waals surface area contributed by atoms with E-state index in [1.807, 2.05) is 12.4 Å². The van der Waals surface area contributed by atoms with E-state index in [4.69, 9.17) is 0 Å². The summed E-state index contributed by atoms with van der Waals surface area (Å²) < 4.78 is 0. The number of amides is 1. The Morgan fingerprint density at radius 3 is 2.81 bits per heavy atom. The fraction of sp³-hybridized carbons (Fsp3) is 0.696. The lowest BCUT2D eigenvalue weighted by molar-refractivity contribution is -0.121. The smallest absolute Gasteiger partial charge is 0.220 e. The Balaban J connectivity index is 1.45. The first-order valence-electron chi connectivity index (χ1n) is 10.8. The minimum absolute atomic E-state index is 0.235. The van der Waals surface area contributed by atoms with Crippen LogP contribution >= 0.6 is 0 Å². The Morgan fingerprint density at radius 1 is 1.11 bits per heavy atom. The van der Waals surface area contributed by atoms with Crippen LogP contribution in [0.3, 0.4) is 0 Å². The third-order valence-corrected chi connectivity index (χ3v) is 8.92. The van der Waals surface area contributed by atoms with Gasteiger partial charge in [0.1, 0.15) is 0 Å². The van der Waals surface area contributed by atoms with Crippen molar-refractivity contribution < 1.29 is 4.79 Å². The quantitative estimate of drug-likeness (QED) is 0.810. The van der Waals surface area contributed by atoms with Crippen molar-refractivity contribution in [2.24, 2.45) is 34.5 Å². The molecule has 1 N–H and O–H groups in total. The SMILES string of the molecule is CC12CCC(=O)NCC1CCC1C2CCC2(C)C(c3cnccn3)=CC[C@@H]12. The molecule has 1 amide bonds. The largest absolute Gasteiger partial charge is 0.356 e. The summed E-state index contributed by atoms with van der Waals surface area (Å²) in [5, 5.41) is 3.18. The normalized spacial score (nSPS) is 43.6. The fourth-order valence-electron chi connectivity index (χ4n) is 7.37. The van der Waals surface area contributed by atoms with Gasteiger partial charge in [0.15, 0.2) is 0 Å². The van der Waals surface area contributed by atoms with E-state index in [0.717, 1.165) is 36.4 Å². The van der Waals surface area contributed by atoms with Crippen molar-refractivity contribution in [2.75, 3.05) is 6.54 Å². The van der Waals surface area contributed by atoms with E-state index in [9.17, 15) is 4.79 Å². The van der Waals surface area contributed by atoms with E-state index >= 15 is 0 Å². The van der Waals surface area contributed by atoms with Crippen molar-refractivity contribution in [3.8, 4) is 0 Å². The van der Waals surface area contributed by atoms with Crippen LogP contribution in [0.15, 0.2) is 24.7 Å². The standard InChI is InChI=1S/C23H31N3O/c1-22-10-8-21(27)26-13-15(22)3-4-16-17-5-6-19(20-14-24-11-12-25-20)23(17,2)9-7-18(16)22/h6,11-12,14-18H,3-5,7-10,13H2,1-2H3,(H,26,27)/t15?,16?,17-,18?,22?,23?/m0/s1. The molecule has 6 atom stereocenters. The van der Waals surface area contributed by atoms with Crippen LogP contribution in [0.25, 0.3) is 5.57 Å². The molecule has 0 aromatic carbocycles. The summed E-state index contributed by atoms with van der Waals surface area (Å²) >= 11 is 0. The zero-order chi connectivity index (χ0) is 18.6. The molecule has 4 nitrogen and oxygen atoms in total. The summed E-state index contributed by atoms with van der Waals surface area (Å²) in [6.45, 7) is 5.88. The Morgan fingerprint density at radius 2 is 2.00 bits per heavy atom. The first-order valence-corrected chi connectivity index (χ1v) is 10.8. The highest BCUT2D eigenvalue weighted by molar-refractivity contribution is 5.76. The number of aromatic nitrogens is 2. The molecule has 0 spiro atoms. The molecule has 144 valence electrons. The van der Waals surface area contributed by atoms with Crippen LogP contribution in [0.2, 0.25) is 0 Å². The monoisotopic (exact) mass is 365 g/mol. The predicted molar refractivity (Wildman–Crippen MR) is 106 cm³/mol. The summed E-state index contributed by atoms with van der Waals surface area (Å²) in [5.74, 6) is 3.18. The van der Waals surface area contributed by atoms with E-state index in [2.05, 4.69) is 35.2 Å². The van der Waals surface area contributed by atoms with Gasteiger partial charge in [0, 0.05) is 25.4 Å². The van der Waals surface area contributed by atoms with Gasteiger partial charge in [-0.2, -0.15) is 0 Å². The summed E-state index contributed by atoms with van der Waals surface area (Å²) in [6.07, 6.45) is 16.1. The van der Waals surface area contributed by atoms with Crippen molar-refractivity contribution in [1.82, 2.24) is 15.3 Å². The average Bonchev–Trinajstić information content (AvgIpc) is 2.95. The van der Waals surface area contributed by atoms with Gasteiger partial charge in [0.05, 0.1) is 11.9 Å². The summed E-state index contributed by atoms with van der Waals surface area (Å²) in [7, 11) is 0. The molecule has 5 rings (SSSR count). The Labute approximate surface area is 162 Å². The number of nitrogens with one attached hydrogen (secondary N) is 1. The van der Waals surface area contributed by atoms with Crippen LogP contribution in [0, 0.1) is 34.5 Å². The van der Waals surface area contributed by atoms with Gasteiger partial charge in [0.25, 0.3) is 0 Å². The molecule has 2 saturated carbocycles. The Kier molecular flexibility index (Phi) is 3.96. The number of hydrogen-bond acceptors (Lipinski definition) is 3. The summed E-state index contributed by atoms with van der Waals surface area (Å²) in [4.78, 5) is 21.0. The molecule has 0 radical (unpaired) electrons. The number of carbonyl (C=O) groups excluding carboxylic acids is 1. The van der Waals surface area contributed by atoms with Crippen LogP contribution in [-0.2, 0) is 4.79 Å². The van der Waals surface area contributed by atoms with E-state index in [1.165, 1.54) is 37.7 Å². The highest BCUT2D eigenvalue weighted by Crippen LogP contribution is 2.66. The lowest BCUT2D eigenvalue weighted by Crippen LogP contribution is -2.52. The lowest BCUT2D eigenvalue weighted by Gasteiger charge is -2.58. The molecule has 27 heavy (non-hydrogen) atoms. The predicted octanol–water partition coefficient (Wildman–Crippen LogP) is 4.24. The van der Waals surface area contributed by atoms with Gasteiger partial charge in [-0.1, -0.05) is 19.9 Å². The van der Waals surface area contributed by atoms with Crippen LogP contribution in [0.1, 0.15) is 64.5 Å². The maximum Gasteiger partial charge on any atom is 0.220 e. The van der Waals surface area contributed by atoms with Crippen LogP contribution < -0.4 is 5.32 Å². The molecule has 4 heteroatoms. The zero-order valence-electron chi connectivity index (χ0n) is 16.6. The molecule has 3 fully saturated rings. The van der Waals surface area contributed by atoms with Crippen molar-refractivity contribution >= 4 is 11.5 Å². The second-order valence-corrected chi connectivity index (χ2v) is 9.86. The molecule has 1 saturated heterocycles. The fourth-order valence-corrected chi connectivity index (χ4v) is 7.37. The Hall–Kier alpha value is -1.71. The molecular formula is C23H31N3O. The number of hydrogen-bond donors (Lipinski definition) is 1. The Bertz CT molecular complexity index is 775. The second-order valence-electron chi connectivity index (χ2n) is 9.86. The van der Waals surface area contributed by atoms with E-state index in [0.29, 0.717) is 17.8 Å². The minimum Gasteiger partial charge on any atom is -0.356 e. The highest BCUT2D eigenvalue weighted by atomic mass is 16.1. The van der Waals surface area contributed by atoms with Gasteiger partial charge in [-0.05, 0) is 78.6 Å². The van der Waals surface area contributed by atoms with Crippen LogP contribution in [0.4, 0.5) is 0 Å². The second kappa shape index (κ2) is 6.15. The lowest BCUT2D eigenvalue weighted by atomic mass is 9.46. The molecule has 1 aliphatic heterocycles. The van der Waals surface area contributed by atoms with Crippen molar-refractivity contribution in [1.29, 1.82) is 0 Å². The van der Waals surface area contributed by atoms with Gasteiger partial charge in [0.2, 0.25) is 5.91 Å². The molecular weight excluding hydrogens is 334 g/mol. The maximum atomic E-state index is 12.0. The first kappa shape index (κ1) is 17.4. The third-order valence-electron chi connectivity index (χ3n) is 8.92. The van der Waals surface area contributed by atoms with Crippen molar-refractivity contribution in [3.63, 3.8) is 0 Å². The molecule has 3 aliphatic carbocycles. The van der Waals surface area contributed by atoms with Gasteiger partial charge < -0.3 is 5.32 Å². The first-order chi connectivity index (χ1) is 13.0. The number of nitrogens with zero attached hydrogens (tertiary/aromatic N) is 2. The number of rotatable bonds is 1. The zero-order valence-corrected chi connectivity index (χ0v) is 16.6. The van der Waals surface area contributed by atoms with Crippen LogP contribution in [-0.4, -0.2) is 22.4 Å². The van der Waals surface area contributed by atoms with E-state index < -0.39 is 0 Å². The highest BCUT2D eigenvalue weighted by Gasteiger charge is 2.58. The van der Waals surface area contributed by atoms with Gasteiger partial charge >= 0.3 is 0 Å². The van der Waals surface area contributed by atoms with Crippen molar-refractivity contribution in [3.05, 3.63) is 30.4 Å². The molecule has 1 aromatic rings. The minimum atomic E-state index is 0.235. The van der Waals surface area contributed by atoms with Gasteiger partial charge in [-0.3, -0.25) is 14.8 Å². The molecule has 2 heterocycles. The van der Waals surface area contributed by atoms with Gasteiger partial charge in [-0.25, -0.2) is 0 Å². The molecule has 1 aromatic heterocycles. The third kappa shape index (κ3) is 2.51. The van der Waals surface area contributed by atoms with E-state index in [1.54, 1.807) is 6.20 Å². The average molecular weight is 366 g/mol. The van der Waals surface area contributed by atoms with E-state index in [-0.39, 0.29) is 11.3 Å².